The second-order valence-electron chi connectivity index (χ2n) is 5.36. The smallest absolute Gasteiger partial charge is 0.252 e. The highest BCUT2D eigenvalue weighted by Crippen LogP contribution is 2.12. The van der Waals surface area contributed by atoms with Crippen molar-refractivity contribution in [2.45, 2.75) is 52.9 Å². The van der Waals surface area contributed by atoms with E-state index >= 15 is 0 Å². The minimum Gasteiger partial charge on any atom is -0.357 e. The zero-order valence-electron chi connectivity index (χ0n) is 13.7. The first-order chi connectivity index (χ1) is 10.2. The topological polar surface area (TPSA) is 45.2 Å². The number of hydrogen-bond acceptors (Lipinski definition) is 3. The molecule has 4 heteroatoms. The van der Waals surface area contributed by atoms with Crippen molar-refractivity contribution in [1.29, 1.82) is 0 Å². The number of aromatic nitrogens is 1. The third-order valence-corrected chi connectivity index (χ3v) is 3.39. The van der Waals surface area contributed by atoms with Gasteiger partial charge in [-0.1, -0.05) is 33.6 Å². The highest BCUT2D eigenvalue weighted by molar-refractivity contribution is 5.94. The number of amides is 1. The van der Waals surface area contributed by atoms with Crippen molar-refractivity contribution in [2.24, 2.45) is 0 Å². The molecule has 1 rings (SSSR count). The van der Waals surface area contributed by atoms with Crippen LogP contribution >= 0.6 is 0 Å². The second-order valence-corrected chi connectivity index (χ2v) is 5.36. The van der Waals surface area contributed by atoms with Gasteiger partial charge in [-0.25, -0.2) is 4.98 Å². The highest BCUT2D eigenvalue weighted by atomic mass is 16.1. The van der Waals surface area contributed by atoms with E-state index in [1.807, 2.05) is 12.1 Å². The summed E-state index contributed by atoms with van der Waals surface area (Å²) in [7, 11) is 0. The van der Waals surface area contributed by atoms with Crippen LogP contribution in [0.25, 0.3) is 0 Å². The van der Waals surface area contributed by atoms with E-state index in [4.69, 9.17) is 0 Å². The van der Waals surface area contributed by atoms with Crippen molar-refractivity contribution in [1.82, 2.24) is 10.3 Å². The maximum absolute atomic E-state index is 12.0. The molecule has 1 amide bonds. The van der Waals surface area contributed by atoms with Gasteiger partial charge in [-0.15, -0.1) is 0 Å². The number of hydrogen-bond donors (Lipinski definition) is 1. The number of carbonyl (C=O) groups is 1. The Hall–Kier alpha value is -1.58. The van der Waals surface area contributed by atoms with Crippen molar-refractivity contribution in [2.75, 3.05) is 24.5 Å². The number of nitrogens with zero attached hydrogens (tertiary/aromatic N) is 2. The fourth-order valence-corrected chi connectivity index (χ4v) is 2.27. The zero-order chi connectivity index (χ0) is 15.5. The first-order valence-electron chi connectivity index (χ1n) is 8.22. The van der Waals surface area contributed by atoms with Crippen LogP contribution in [0.1, 0.15) is 63.2 Å². The second kappa shape index (κ2) is 10.2. The molecule has 21 heavy (non-hydrogen) atoms. The summed E-state index contributed by atoms with van der Waals surface area (Å²) in [4.78, 5) is 18.7. The quantitative estimate of drug-likeness (QED) is 0.670. The molecular weight excluding hydrogens is 262 g/mol. The Kier molecular flexibility index (Phi) is 8.48. The Labute approximate surface area is 129 Å². The van der Waals surface area contributed by atoms with Gasteiger partial charge in [0.15, 0.2) is 0 Å². The Morgan fingerprint density at radius 2 is 1.81 bits per heavy atom. The average molecular weight is 291 g/mol. The van der Waals surface area contributed by atoms with E-state index in [-0.39, 0.29) is 5.91 Å². The van der Waals surface area contributed by atoms with Gasteiger partial charge in [-0.2, -0.15) is 0 Å². The van der Waals surface area contributed by atoms with E-state index in [1.165, 1.54) is 0 Å². The molecule has 118 valence electrons. The molecule has 0 spiro atoms. The third-order valence-electron chi connectivity index (χ3n) is 3.39. The molecule has 0 atom stereocenters. The Morgan fingerprint density at radius 3 is 2.33 bits per heavy atom. The summed E-state index contributed by atoms with van der Waals surface area (Å²) in [5.74, 6) is 0.934. The lowest BCUT2D eigenvalue weighted by Gasteiger charge is -2.22. The molecule has 0 saturated heterocycles. The van der Waals surface area contributed by atoms with Crippen LogP contribution in [0.2, 0.25) is 0 Å². The van der Waals surface area contributed by atoms with Gasteiger partial charge < -0.3 is 10.2 Å². The maximum atomic E-state index is 12.0. The van der Waals surface area contributed by atoms with Gasteiger partial charge in [0.25, 0.3) is 5.91 Å². The monoisotopic (exact) mass is 291 g/mol. The van der Waals surface area contributed by atoms with Crippen LogP contribution in [-0.4, -0.2) is 30.5 Å². The molecular formula is C17H29N3O. The van der Waals surface area contributed by atoms with Gasteiger partial charge in [-0.3, -0.25) is 4.79 Å². The first-order valence-corrected chi connectivity index (χ1v) is 8.22. The lowest BCUT2D eigenvalue weighted by Crippen LogP contribution is -2.27. The van der Waals surface area contributed by atoms with Crippen LogP contribution in [0.5, 0.6) is 0 Å². The summed E-state index contributed by atoms with van der Waals surface area (Å²) >= 11 is 0. The molecule has 1 aromatic rings. The van der Waals surface area contributed by atoms with E-state index in [2.05, 4.69) is 36.0 Å². The molecule has 0 aliphatic heterocycles. The van der Waals surface area contributed by atoms with Crippen LogP contribution in [0.4, 0.5) is 5.82 Å². The molecule has 1 N–H and O–H groups in total. The highest BCUT2D eigenvalue weighted by Gasteiger charge is 2.09. The number of carbonyl (C=O) groups excluding carboxylic acids is 1. The normalized spacial score (nSPS) is 10.4. The summed E-state index contributed by atoms with van der Waals surface area (Å²) in [5, 5.41) is 2.94. The Bertz CT molecular complexity index is 397. The van der Waals surface area contributed by atoms with Crippen LogP contribution in [0.15, 0.2) is 18.3 Å². The van der Waals surface area contributed by atoms with Gasteiger partial charge in [0, 0.05) is 25.8 Å². The molecule has 1 aromatic heterocycles. The molecule has 1 heterocycles. The summed E-state index contributed by atoms with van der Waals surface area (Å²) in [6.45, 7) is 9.24. The largest absolute Gasteiger partial charge is 0.357 e. The molecule has 0 radical (unpaired) electrons. The van der Waals surface area contributed by atoms with Gasteiger partial charge in [0.05, 0.1) is 5.56 Å². The van der Waals surface area contributed by atoms with Crippen LogP contribution < -0.4 is 10.2 Å². The van der Waals surface area contributed by atoms with Crippen LogP contribution in [0.3, 0.4) is 0 Å². The number of nitrogens with one attached hydrogen (secondary N) is 1. The Balaban J connectivity index is 2.57. The van der Waals surface area contributed by atoms with Gasteiger partial charge in [0.1, 0.15) is 5.82 Å². The SMILES string of the molecule is CCCCCNC(=O)c1ccc(N(CCC)CCC)nc1. The summed E-state index contributed by atoms with van der Waals surface area (Å²) in [5.41, 5.74) is 0.642. The molecule has 0 saturated carbocycles. The Morgan fingerprint density at radius 1 is 1.10 bits per heavy atom. The van der Waals surface area contributed by atoms with E-state index in [0.717, 1.165) is 57.6 Å². The van der Waals surface area contributed by atoms with Crippen molar-refractivity contribution < 1.29 is 4.79 Å². The summed E-state index contributed by atoms with van der Waals surface area (Å²) < 4.78 is 0. The molecule has 0 bridgehead atoms. The fraction of sp³-hybridized carbons (Fsp3) is 0.647. The molecule has 4 nitrogen and oxygen atoms in total. The fourth-order valence-electron chi connectivity index (χ4n) is 2.27. The van der Waals surface area contributed by atoms with Crippen LogP contribution in [-0.2, 0) is 0 Å². The van der Waals surface area contributed by atoms with Gasteiger partial charge in [-0.05, 0) is 31.4 Å². The number of pyridine rings is 1. The lowest BCUT2D eigenvalue weighted by atomic mass is 10.2. The molecule has 0 aromatic carbocycles. The first kappa shape index (κ1) is 17.5. The van der Waals surface area contributed by atoms with E-state index < -0.39 is 0 Å². The minimum absolute atomic E-state index is 0.0253. The van der Waals surface area contributed by atoms with Crippen molar-refractivity contribution in [3.8, 4) is 0 Å². The number of anilines is 1. The van der Waals surface area contributed by atoms with Gasteiger partial charge in [0.2, 0.25) is 0 Å². The van der Waals surface area contributed by atoms with E-state index in [0.29, 0.717) is 5.56 Å². The van der Waals surface area contributed by atoms with Crippen LogP contribution in [0, 0.1) is 0 Å². The van der Waals surface area contributed by atoms with E-state index in [9.17, 15) is 4.79 Å². The third kappa shape index (κ3) is 6.15. The van der Waals surface area contributed by atoms with Crippen molar-refractivity contribution in [3.05, 3.63) is 23.9 Å². The maximum Gasteiger partial charge on any atom is 0.252 e. The summed E-state index contributed by atoms with van der Waals surface area (Å²) in [6.07, 6.45) is 7.23. The molecule has 0 fully saturated rings. The lowest BCUT2D eigenvalue weighted by molar-refractivity contribution is 0.0952. The zero-order valence-corrected chi connectivity index (χ0v) is 13.7. The average Bonchev–Trinajstić information content (AvgIpc) is 2.51. The molecule has 0 aliphatic carbocycles. The van der Waals surface area contributed by atoms with Crippen molar-refractivity contribution >= 4 is 11.7 Å². The van der Waals surface area contributed by atoms with Gasteiger partial charge >= 0.3 is 0 Å². The minimum atomic E-state index is -0.0253. The molecule has 0 aliphatic rings. The van der Waals surface area contributed by atoms with Crippen molar-refractivity contribution in [3.63, 3.8) is 0 Å². The predicted octanol–water partition coefficient (Wildman–Crippen LogP) is 3.63. The predicted molar refractivity (Wildman–Crippen MR) is 88.9 cm³/mol. The van der Waals surface area contributed by atoms with E-state index in [1.54, 1.807) is 6.20 Å². The molecule has 0 unspecified atom stereocenters. The summed E-state index contributed by atoms with van der Waals surface area (Å²) in [6, 6.07) is 3.82. The number of rotatable bonds is 10. The number of unbranched alkanes of at least 4 members (excludes halogenated alkanes) is 2. The standard InChI is InChI=1S/C17H29N3O/c1-4-7-8-11-18-17(21)15-9-10-16(19-14-15)20(12-5-2)13-6-3/h9-10,14H,4-8,11-13H2,1-3H3,(H,18,21).